The fourth-order valence-corrected chi connectivity index (χ4v) is 3.20. The molecule has 0 saturated carbocycles. The molecule has 0 bridgehead atoms. The number of hydrogen-bond acceptors (Lipinski definition) is 2. The highest BCUT2D eigenvalue weighted by Crippen LogP contribution is 2.12. The molecule has 148 valence electrons. The van der Waals surface area contributed by atoms with Gasteiger partial charge >= 0.3 is 0 Å². The van der Waals surface area contributed by atoms with Crippen molar-refractivity contribution in [1.82, 2.24) is 5.43 Å². The average molecular weight is 353 g/mol. The number of nitrogens with one attached hydrogen (secondary N) is 1. The SMILES string of the molecule is CCCCCCCC/C=C\CCCCCCCCCCCCNN=O. The lowest BCUT2D eigenvalue weighted by molar-refractivity contribution is 0.544. The van der Waals surface area contributed by atoms with Gasteiger partial charge in [-0.3, -0.25) is 5.43 Å². The summed E-state index contributed by atoms with van der Waals surface area (Å²) in [6, 6.07) is 0. The molecule has 0 heterocycles. The summed E-state index contributed by atoms with van der Waals surface area (Å²) in [4.78, 5) is 9.84. The van der Waals surface area contributed by atoms with Crippen LogP contribution in [0, 0.1) is 4.91 Å². The van der Waals surface area contributed by atoms with E-state index < -0.39 is 0 Å². The molecular formula is C22H44N2O. The van der Waals surface area contributed by atoms with Gasteiger partial charge in [0.1, 0.15) is 0 Å². The Labute approximate surface area is 157 Å². The second kappa shape index (κ2) is 23.1. The van der Waals surface area contributed by atoms with E-state index >= 15 is 0 Å². The Balaban J connectivity index is 3.04. The van der Waals surface area contributed by atoms with Gasteiger partial charge in [-0.25, -0.2) is 0 Å². The van der Waals surface area contributed by atoms with Crippen molar-refractivity contribution >= 4 is 0 Å². The standard InChI is InChI=1S/C22H44N2O/c1-2-3-4-5-6-7-8-9-10-11-12-13-14-15-16-17-18-19-20-21-22-23-24-25/h9-10H,2-8,11-22H2,1H3,(H,23,25)/b10-9-. The minimum atomic E-state index is 0.733. The Kier molecular flexibility index (Phi) is 22.3. The third kappa shape index (κ3) is 23.1. The molecule has 0 saturated heterocycles. The largest absolute Gasteiger partial charge is 0.274 e. The number of nitroso groups, excluding NO2 is 1. The van der Waals surface area contributed by atoms with Gasteiger partial charge in [0, 0.05) is 11.8 Å². The Morgan fingerprint density at radius 2 is 1.00 bits per heavy atom. The fourth-order valence-electron chi connectivity index (χ4n) is 3.20. The normalized spacial score (nSPS) is 11.2. The smallest absolute Gasteiger partial charge is 0.0496 e. The maximum absolute atomic E-state index is 9.84. The van der Waals surface area contributed by atoms with Crippen molar-refractivity contribution in [2.45, 2.75) is 122 Å². The molecule has 0 radical (unpaired) electrons. The predicted molar refractivity (Wildman–Crippen MR) is 112 cm³/mol. The van der Waals surface area contributed by atoms with Crippen LogP contribution in [-0.2, 0) is 0 Å². The second-order valence-corrected chi connectivity index (χ2v) is 7.35. The highest BCUT2D eigenvalue weighted by Gasteiger charge is 1.93. The molecule has 0 aromatic rings. The molecular weight excluding hydrogens is 308 g/mol. The zero-order chi connectivity index (χ0) is 18.3. The Morgan fingerprint density at radius 1 is 0.600 bits per heavy atom. The van der Waals surface area contributed by atoms with E-state index in [-0.39, 0.29) is 0 Å². The summed E-state index contributed by atoms with van der Waals surface area (Å²) in [6.07, 6.45) is 29.0. The molecule has 0 aliphatic carbocycles. The lowest BCUT2D eigenvalue weighted by atomic mass is 10.1. The molecule has 1 N–H and O–H groups in total. The van der Waals surface area contributed by atoms with E-state index in [0.717, 1.165) is 13.0 Å². The van der Waals surface area contributed by atoms with E-state index in [2.05, 4.69) is 29.8 Å². The molecule has 0 aromatic carbocycles. The minimum Gasteiger partial charge on any atom is -0.274 e. The van der Waals surface area contributed by atoms with Crippen molar-refractivity contribution < 1.29 is 0 Å². The molecule has 3 nitrogen and oxygen atoms in total. The zero-order valence-electron chi connectivity index (χ0n) is 16.9. The van der Waals surface area contributed by atoms with Crippen LogP contribution in [0.15, 0.2) is 17.4 Å². The average Bonchev–Trinajstić information content (AvgIpc) is 2.63. The van der Waals surface area contributed by atoms with E-state index in [1.165, 1.54) is 109 Å². The highest BCUT2D eigenvalue weighted by molar-refractivity contribution is 4.81. The summed E-state index contributed by atoms with van der Waals surface area (Å²) in [5.74, 6) is 0. The van der Waals surface area contributed by atoms with Crippen molar-refractivity contribution in [2.24, 2.45) is 5.29 Å². The van der Waals surface area contributed by atoms with Gasteiger partial charge in [-0.15, -0.1) is 4.91 Å². The molecule has 0 rings (SSSR count). The van der Waals surface area contributed by atoms with E-state index in [4.69, 9.17) is 0 Å². The molecule has 25 heavy (non-hydrogen) atoms. The van der Waals surface area contributed by atoms with Crippen molar-refractivity contribution in [3.8, 4) is 0 Å². The first-order valence-corrected chi connectivity index (χ1v) is 11.1. The van der Waals surface area contributed by atoms with Gasteiger partial charge in [0.15, 0.2) is 0 Å². The number of allylic oxidation sites excluding steroid dienone is 2. The fraction of sp³-hybridized carbons (Fsp3) is 0.909. The third-order valence-electron chi connectivity index (χ3n) is 4.86. The number of rotatable bonds is 21. The first kappa shape index (κ1) is 24.1. The first-order valence-electron chi connectivity index (χ1n) is 11.1. The Bertz CT molecular complexity index is 279. The molecule has 0 fully saturated rings. The lowest BCUT2D eigenvalue weighted by Gasteiger charge is -2.02. The summed E-state index contributed by atoms with van der Waals surface area (Å²) in [7, 11) is 0. The maximum Gasteiger partial charge on any atom is 0.0496 e. The predicted octanol–water partition coefficient (Wildman–Crippen LogP) is 7.86. The zero-order valence-corrected chi connectivity index (χ0v) is 16.9. The van der Waals surface area contributed by atoms with Gasteiger partial charge < -0.3 is 0 Å². The van der Waals surface area contributed by atoms with Crippen molar-refractivity contribution in [3.05, 3.63) is 17.1 Å². The van der Waals surface area contributed by atoms with Gasteiger partial charge in [-0.05, 0) is 32.1 Å². The molecule has 0 aliphatic rings. The van der Waals surface area contributed by atoms with E-state index in [1.807, 2.05) is 0 Å². The van der Waals surface area contributed by atoms with Crippen LogP contribution in [0.1, 0.15) is 122 Å². The number of unbranched alkanes of at least 4 members (excludes halogenated alkanes) is 16. The molecule has 3 heteroatoms. The van der Waals surface area contributed by atoms with Gasteiger partial charge in [0.25, 0.3) is 0 Å². The van der Waals surface area contributed by atoms with Crippen LogP contribution in [0.2, 0.25) is 0 Å². The van der Waals surface area contributed by atoms with Crippen molar-refractivity contribution in [1.29, 1.82) is 0 Å². The van der Waals surface area contributed by atoms with Crippen molar-refractivity contribution in [2.75, 3.05) is 6.54 Å². The van der Waals surface area contributed by atoms with Gasteiger partial charge in [0.05, 0.1) is 0 Å². The topological polar surface area (TPSA) is 41.5 Å². The molecule has 0 aliphatic heterocycles. The van der Waals surface area contributed by atoms with Gasteiger partial charge in [0.2, 0.25) is 0 Å². The quantitative estimate of drug-likeness (QED) is 0.0988. The molecule has 0 unspecified atom stereocenters. The third-order valence-corrected chi connectivity index (χ3v) is 4.86. The molecule has 0 spiro atoms. The summed E-state index contributed by atoms with van der Waals surface area (Å²) in [5.41, 5.74) is 2.47. The molecule has 0 amide bonds. The van der Waals surface area contributed by atoms with Crippen molar-refractivity contribution in [3.63, 3.8) is 0 Å². The van der Waals surface area contributed by atoms with Crippen LogP contribution in [0.25, 0.3) is 0 Å². The highest BCUT2D eigenvalue weighted by atomic mass is 16.3. The summed E-state index contributed by atoms with van der Waals surface area (Å²) >= 11 is 0. The summed E-state index contributed by atoms with van der Waals surface area (Å²) < 4.78 is 0. The number of nitrogens with zero attached hydrogens (tertiary/aromatic N) is 1. The summed E-state index contributed by atoms with van der Waals surface area (Å²) in [5, 5.41) is 2.65. The summed E-state index contributed by atoms with van der Waals surface area (Å²) in [6.45, 7) is 3.01. The first-order chi connectivity index (χ1) is 12.4. The van der Waals surface area contributed by atoms with Crippen LogP contribution in [0.4, 0.5) is 0 Å². The van der Waals surface area contributed by atoms with Crippen LogP contribution in [0.3, 0.4) is 0 Å². The number of hydrogen-bond donors (Lipinski definition) is 1. The lowest BCUT2D eigenvalue weighted by Crippen LogP contribution is -2.05. The minimum absolute atomic E-state index is 0.733. The van der Waals surface area contributed by atoms with Gasteiger partial charge in [-0.1, -0.05) is 103 Å². The van der Waals surface area contributed by atoms with Crippen LogP contribution in [-0.4, -0.2) is 6.54 Å². The maximum atomic E-state index is 9.84. The van der Waals surface area contributed by atoms with Crippen LogP contribution < -0.4 is 5.43 Å². The monoisotopic (exact) mass is 352 g/mol. The van der Waals surface area contributed by atoms with E-state index in [1.54, 1.807) is 0 Å². The van der Waals surface area contributed by atoms with Crippen LogP contribution in [0.5, 0.6) is 0 Å². The Hall–Kier alpha value is -0.860. The van der Waals surface area contributed by atoms with Crippen LogP contribution >= 0.6 is 0 Å². The van der Waals surface area contributed by atoms with Gasteiger partial charge in [-0.2, -0.15) is 0 Å². The molecule has 0 aromatic heterocycles. The van der Waals surface area contributed by atoms with E-state index in [9.17, 15) is 4.91 Å². The van der Waals surface area contributed by atoms with E-state index in [0.29, 0.717) is 0 Å². The Morgan fingerprint density at radius 3 is 1.44 bits per heavy atom. The molecule has 0 atom stereocenters. The second-order valence-electron chi connectivity index (χ2n) is 7.35.